The highest BCUT2D eigenvalue weighted by molar-refractivity contribution is 6.51. The Bertz CT molecular complexity index is 1090. The molecule has 0 bridgehead atoms. The second-order valence-electron chi connectivity index (χ2n) is 6.38. The molecule has 3 aromatic rings. The van der Waals surface area contributed by atoms with Crippen molar-refractivity contribution >= 4 is 23.3 Å². The van der Waals surface area contributed by atoms with Crippen LogP contribution in [0.3, 0.4) is 0 Å². The van der Waals surface area contributed by atoms with Crippen LogP contribution in [0, 0.1) is 12.7 Å². The lowest BCUT2D eigenvalue weighted by Gasteiger charge is -2.22. The number of ketones is 1. The maximum absolute atomic E-state index is 13.2. The van der Waals surface area contributed by atoms with Crippen molar-refractivity contribution in [1.82, 2.24) is 5.16 Å². The van der Waals surface area contributed by atoms with Gasteiger partial charge in [0.15, 0.2) is 5.82 Å². The zero-order valence-electron chi connectivity index (χ0n) is 14.8. The van der Waals surface area contributed by atoms with E-state index in [9.17, 15) is 19.1 Å². The number of Topliss-reactive ketones (excluding diaryl/α,β-unsaturated/α-hetero) is 1. The predicted molar refractivity (Wildman–Crippen MR) is 98.9 cm³/mol. The molecule has 1 aliphatic heterocycles. The lowest BCUT2D eigenvalue weighted by atomic mass is 9.95. The third kappa shape index (κ3) is 2.87. The highest BCUT2D eigenvalue weighted by Crippen LogP contribution is 2.41. The molecule has 7 heteroatoms. The van der Waals surface area contributed by atoms with Crippen LogP contribution in [0.5, 0.6) is 0 Å². The maximum atomic E-state index is 13.2. The first-order valence-electron chi connectivity index (χ1n) is 8.52. The number of nitrogens with zero attached hydrogens (tertiary/aromatic N) is 2. The van der Waals surface area contributed by atoms with E-state index in [1.165, 1.54) is 29.2 Å². The average molecular weight is 378 g/mol. The van der Waals surface area contributed by atoms with Gasteiger partial charge in [-0.25, -0.2) is 4.39 Å². The van der Waals surface area contributed by atoms with Crippen molar-refractivity contribution < 1.29 is 23.6 Å². The van der Waals surface area contributed by atoms with Gasteiger partial charge in [-0.2, -0.15) is 0 Å². The summed E-state index contributed by atoms with van der Waals surface area (Å²) in [5, 5.41) is 14.7. The quantitative estimate of drug-likeness (QED) is 0.426. The first-order chi connectivity index (χ1) is 13.5. The van der Waals surface area contributed by atoms with Crippen molar-refractivity contribution in [2.75, 3.05) is 4.90 Å². The smallest absolute Gasteiger partial charge is 0.301 e. The summed E-state index contributed by atoms with van der Waals surface area (Å²) < 4.78 is 18.3. The third-order valence-corrected chi connectivity index (χ3v) is 4.54. The summed E-state index contributed by atoms with van der Waals surface area (Å²) >= 11 is 0. The summed E-state index contributed by atoms with van der Waals surface area (Å²) in [6, 6.07) is 14.5. The topological polar surface area (TPSA) is 83.6 Å². The van der Waals surface area contributed by atoms with Crippen molar-refractivity contribution in [2.24, 2.45) is 0 Å². The van der Waals surface area contributed by atoms with Crippen LogP contribution in [0.25, 0.3) is 5.76 Å². The van der Waals surface area contributed by atoms with Crippen molar-refractivity contribution in [3.63, 3.8) is 0 Å². The van der Waals surface area contributed by atoms with Crippen LogP contribution in [-0.4, -0.2) is 22.0 Å². The van der Waals surface area contributed by atoms with Gasteiger partial charge in [0.25, 0.3) is 5.78 Å². The molecule has 1 atom stereocenters. The Hall–Kier alpha value is -3.74. The zero-order valence-corrected chi connectivity index (χ0v) is 14.8. The van der Waals surface area contributed by atoms with Crippen LogP contribution in [0.1, 0.15) is 22.9 Å². The molecule has 1 N–H and O–H groups in total. The van der Waals surface area contributed by atoms with Gasteiger partial charge >= 0.3 is 5.91 Å². The van der Waals surface area contributed by atoms with Crippen LogP contribution >= 0.6 is 0 Å². The number of hydrogen-bond acceptors (Lipinski definition) is 5. The van der Waals surface area contributed by atoms with Crippen LogP contribution in [-0.2, 0) is 9.59 Å². The van der Waals surface area contributed by atoms with E-state index in [0.29, 0.717) is 11.3 Å². The fourth-order valence-corrected chi connectivity index (χ4v) is 3.25. The number of carbonyl (C=O) groups is 2. The number of aryl methyl sites for hydroxylation is 1. The molecule has 28 heavy (non-hydrogen) atoms. The molecule has 6 nitrogen and oxygen atoms in total. The maximum Gasteiger partial charge on any atom is 0.301 e. The van der Waals surface area contributed by atoms with Crippen LogP contribution in [0.4, 0.5) is 10.2 Å². The van der Waals surface area contributed by atoms with Crippen molar-refractivity contribution in [1.29, 1.82) is 0 Å². The van der Waals surface area contributed by atoms with E-state index in [1.54, 1.807) is 43.3 Å². The minimum absolute atomic E-state index is 0.0940. The number of anilines is 1. The van der Waals surface area contributed by atoms with Crippen LogP contribution in [0.2, 0.25) is 0 Å². The molecule has 4 rings (SSSR count). The van der Waals surface area contributed by atoms with E-state index in [-0.39, 0.29) is 22.7 Å². The second-order valence-corrected chi connectivity index (χ2v) is 6.38. The van der Waals surface area contributed by atoms with Gasteiger partial charge in [-0.05, 0) is 36.8 Å². The Morgan fingerprint density at radius 3 is 2.39 bits per heavy atom. The molecule has 0 aliphatic carbocycles. The Kier molecular flexibility index (Phi) is 4.27. The molecule has 2 aromatic carbocycles. The Morgan fingerprint density at radius 1 is 1.11 bits per heavy atom. The molecule has 1 aromatic heterocycles. The molecule has 1 amide bonds. The number of aromatic nitrogens is 1. The van der Waals surface area contributed by atoms with E-state index in [4.69, 9.17) is 4.52 Å². The van der Waals surface area contributed by atoms with Crippen LogP contribution < -0.4 is 4.90 Å². The summed E-state index contributed by atoms with van der Waals surface area (Å²) in [6.45, 7) is 1.67. The van der Waals surface area contributed by atoms with E-state index in [1.807, 2.05) is 0 Å². The number of carbonyl (C=O) groups excluding carboxylic acids is 2. The zero-order chi connectivity index (χ0) is 19.8. The van der Waals surface area contributed by atoms with Crippen molar-refractivity contribution in [2.45, 2.75) is 13.0 Å². The third-order valence-electron chi connectivity index (χ3n) is 4.54. The molecule has 1 unspecified atom stereocenters. The van der Waals surface area contributed by atoms with Gasteiger partial charge in [0.2, 0.25) is 0 Å². The van der Waals surface area contributed by atoms with Gasteiger partial charge in [-0.15, -0.1) is 0 Å². The summed E-state index contributed by atoms with van der Waals surface area (Å²) in [7, 11) is 0. The summed E-state index contributed by atoms with van der Waals surface area (Å²) in [5.74, 6) is -1.89. The van der Waals surface area contributed by atoms with Gasteiger partial charge in [-0.3, -0.25) is 14.5 Å². The van der Waals surface area contributed by atoms with Gasteiger partial charge in [0.05, 0.1) is 11.6 Å². The molecule has 1 aliphatic rings. The molecule has 1 saturated heterocycles. The summed E-state index contributed by atoms with van der Waals surface area (Å²) in [4.78, 5) is 26.8. The van der Waals surface area contributed by atoms with Gasteiger partial charge in [-0.1, -0.05) is 35.5 Å². The molecular weight excluding hydrogens is 363 g/mol. The average Bonchev–Trinajstić information content (AvgIpc) is 3.24. The van der Waals surface area contributed by atoms with E-state index >= 15 is 0 Å². The Balaban J connectivity index is 1.93. The SMILES string of the molecule is Cc1cc(N2C(=O)C(=O)C(=C(O)c3ccc(F)cc3)C2c2ccccc2)no1. The van der Waals surface area contributed by atoms with Crippen molar-refractivity contribution in [3.05, 3.63) is 88.9 Å². The largest absolute Gasteiger partial charge is 0.507 e. The molecule has 140 valence electrons. The number of aliphatic hydroxyl groups is 1. The first kappa shape index (κ1) is 17.7. The molecule has 0 spiro atoms. The van der Waals surface area contributed by atoms with Gasteiger partial charge in [0, 0.05) is 11.6 Å². The first-order valence-corrected chi connectivity index (χ1v) is 8.52. The highest BCUT2D eigenvalue weighted by atomic mass is 19.1. The number of hydrogen-bond donors (Lipinski definition) is 1. The number of benzene rings is 2. The summed E-state index contributed by atoms with van der Waals surface area (Å²) in [5.41, 5.74) is 0.756. The lowest BCUT2D eigenvalue weighted by molar-refractivity contribution is -0.132. The van der Waals surface area contributed by atoms with Gasteiger partial charge < -0.3 is 9.63 Å². The lowest BCUT2D eigenvalue weighted by Crippen LogP contribution is -2.29. The predicted octanol–water partition coefficient (Wildman–Crippen LogP) is 3.75. The van der Waals surface area contributed by atoms with E-state index < -0.39 is 23.5 Å². The second kappa shape index (κ2) is 6.77. The molecule has 1 fully saturated rings. The number of amides is 1. The van der Waals surface area contributed by atoms with Gasteiger partial charge in [0.1, 0.15) is 17.3 Å². The number of rotatable bonds is 3. The molecule has 2 heterocycles. The van der Waals surface area contributed by atoms with Crippen LogP contribution in [0.15, 0.2) is 70.8 Å². The Morgan fingerprint density at radius 2 is 1.79 bits per heavy atom. The van der Waals surface area contributed by atoms with E-state index in [2.05, 4.69) is 5.16 Å². The molecular formula is C21H15FN2O4. The molecule has 0 saturated carbocycles. The number of halogens is 1. The normalized spacial score (nSPS) is 18.6. The monoisotopic (exact) mass is 378 g/mol. The van der Waals surface area contributed by atoms with E-state index in [0.717, 1.165) is 0 Å². The fourth-order valence-electron chi connectivity index (χ4n) is 3.25. The fraction of sp³-hybridized carbons (Fsp3) is 0.0952. The molecule has 0 radical (unpaired) electrons. The minimum Gasteiger partial charge on any atom is -0.507 e. The standard InChI is InChI=1S/C21H15FN2O4/c1-12-11-16(23-28-12)24-18(13-5-3-2-4-6-13)17(20(26)21(24)27)19(25)14-7-9-15(22)10-8-14/h2-11,18,25H,1H3. The number of aliphatic hydroxyl groups excluding tert-OH is 1. The minimum atomic E-state index is -0.893. The Labute approximate surface area is 159 Å². The van der Waals surface area contributed by atoms with Crippen molar-refractivity contribution in [3.8, 4) is 0 Å². The highest BCUT2D eigenvalue weighted by Gasteiger charge is 2.48. The summed E-state index contributed by atoms with van der Waals surface area (Å²) in [6.07, 6.45) is 0.